The molecule has 0 aliphatic carbocycles. The SMILES string of the molecule is CCc1nn(CC)c(CC(=O)C(C)(C)S(C)(=O)=O)c1Br. The molecular weight excluding hydrogens is 344 g/mol. The van der Waals surface area contributed by atoms with Crippen LogP contribution in [-0.4, -0.2) is 35.0 Å². The van der Waals surface area contributed by atoms with Crippen molar-refractivity contribution in [3.05, 3.63) is 15.9 Å². The highest BCUT2D eigenvalue weighted by Gasteiger charge is 2.38. The summed E-state index contributed by atoms with van der Waals surface area (Å²) in [6.45, 7) is 7.46. The third-order valence-corrected chi connectivity index (χ3v) is 6.62. The summed E-state index contributed by atoms with van der Waals surface area (Å²) in [5.74, 6) is -0.321. The Morgan fingerprint density at radius 1 is 1.35 bits per heavy atom. The first-order valence-electron chi connectivity index (χ1n) is 6.53. The van der Waals surface area contributed by atoms with Gasteiger partial charge in [-0.2, -0.15) is 5.10 Å². The highest BCUT2D eigenvalue weighted by molar-refractivity contribution is 9.10. The number of sulfone groups is 1. The van der Waals surface area contributed by atoms with Crippen molar-refractivity contribution in [2.45, 2.75) is 51.8 Å². The Morgan fingerprint density at radius 3 is 2.30 bits per heavy atom. The summed E-state index contributed by atoms with van der Waals surface area (Å²) < 4.78 is 24.6. The molecular formula is C13H21BrN2O3S. The van der Waals surface area contributed by atoms with E-state index in [-0.39, 0.29) is 12.2 Å². The van der Waals surface area contributed by atoms with Crippen LogP contribution in [0.4, 0.5) is 0 Å². The molecule has 0 bridgehead atoms. The maximum absolute atomic E-state index is 12.4. The summed E-state index contributed by atoms with van der Waals surface area (Å²) in [7, 11) is -3.45. The van der Waals surface area contributed by atoms with E-state index in [0.717, 1.165) is 28.5 Å². The molecule has 114 valence electrons. The molecule has 1 heterocycles. The van der Waals surface area contributed by atoms with E-state index in [0.29, 0.717) is 6.54 Å². The Kier molecular flexibility index (Phi) is 5.18. The topological polar surface area (TPSA) is 69.0 Å². The molecule has 0 aliphatic heterocycles. The smallest absolute Gasteiger partial charge is 0.159 e. The van der Waals surface area contributed by atoms with Crippen molar-refractivity contribution in [3.8, 4) is 0 Å². The lowest BCUT2D eigenvalue weighted by atomic mass is 10.0. The van der Waals surface area contributed by atoms with Crippen molar-refractivity contribution in [2.75, 3.05) is 6.26 Å². The lowest BCUT2D eigenvalue weighted by Crippen LogP contribution is -2.41. The van der Waals surface area contributed by atoms with Crippen LogP contribution in [0.3, 0.4) is 0 Å². The Morgan fingerprint density at radius 2 is 1.90 bits per heavy atom. The second-order valence-electron chi connectivity index (χ2n) is 5.26. The van der Waals surface area contributed by atoms with Gasteiger partial charge in [-0.1, -0.05) is 6.92 Å². The third-order valence-electron chi connectivity index (χ3n) is 3.62. The zero-order valence-electron chi connectivity index (χ0n) is 12.5. The van der Waals surface area contributed by atoms with Gasteiger partial charge in [0.05, 0.1) is 22.3 Å². The first-order valence-corrected chi connectivity index (χ1v) is 9.21. The molecule has 0 radical (unpaired) electrons. The van der Waals surface area contributed by atoms with E-state index in [1.165, 1.54) is 13.8 Å². The molecule has 5 nitrogen and oxygen atoms in total. The Balaban J connectivity index is 3.17. The quantitative estimate of drug-likeness (QED) is 0.775. The van der Waals surface area contributed by atoms with Crippen molar-refractivity contribution in [2.24, 2.45) is 0 Å². The van der Waals surface area contributed by atoms with Gasteiger partial charge in [0.2, 0.25) is 0 Å². The average molecular weight is 365 g/mol. The molecule has 1 rings (SSSR count). The van der Waals surface area contributed by atoms with Gasteiger partial charge in [0.15, 0.2) is 15.6 Å². The van der Waals surface area contributed by atoms with Crippen LogP contribution >= 0.6 is 15.9 Å². The zero-order chi connectivity index (χ0) is 15.7. The fourth-order valence-electron chi connectivity index (χ4n) is 1.76. The largest absolute Gasteiger partial charge is 0.298 e. The lowest BCUT2D eigenvalue weighted by molar-refractivity contribution is -0.120. The normalized spacial score (nSPS) is 12.7. The van der Waals surface area contributed by atoms with Crippen molar-refractivity contribution < 1.29 is 13.2 Å². The number of aryl methyl sites for hydroxylation is 2. The van der Waals surface area contributed by atoms with Gasteiger partial charge in [0.1, 0.15) is 4.75 Å². The summed E-state index contributed by atoms with van der Waals surface area (Å²) in [6.07, 6.45) is 1.90. The molecule has 0 saturated heterocycles. The summed E-state index contributed by atoms with van der Waals surface area (Å²) in [6, 6.07) is 0. The van der Waals surface area contributed by atoms with Crippen LogP contribution < -0.4 is 0 Å². The number of hydrogen-bond acceptors (Lipinski definition) is 4. The highest BCUT2D eigenvalue weighted by atomic mass is 79.9. The number of carbonyl (C=O) groups is 1. The molecule has 0 N–H and O–H groups in total. The van der Waals surface area contributed by atoms with E-state index in [1.54, 1.807) is 4.68 Å². The van der Waals surface area contributed by atoms with Crippen LogP contribution in [0.15, 0.2) is 4.47 Å². The van der Waals surface area contributed by atoms with Crippen LogP contribution in [0.5, 0.6) is 0 Å². The Hall–Kier alpha value is -0.690. The Bertz CT molecular complexity index is 618. The van der Waals surface area contributed by atoms with Crippen LogP contribution in [0.2, 0.25) is 0 Å². The van der Waals surface area contributed by atoms with Crippen molar-refractivity contribution in [3.63, 3.8) is 0 Å². The molecule has 0 fully saturated rings. The monoisotopic (exact) mass is 364 g/mol. The van der Waals surface area contributed by atoms with Gasteiger partial charge in [0.25, 0.3) is 0 Å². The van der Waals surface area contributed by atoms with Crippen LogP contribution in [0.25, 0.3) is 0 Å². The minimum atomic E-state index is -3.45. The van der Waals surface area contributed by atoms with E-state index >= 15 is 0 Å². The minimum Gasteiger partial charge on any atom is -0.298 e. The van der Waals surface area contributed by atoms with Gasteiger partial charge in [-0.25, -0.2) is 8.42 Å². The van der Waals surface area contributed by atoms with E-state index in [1.807, 2.05) is 13.8 Å². The highest BCUT2D eigenvalue weighted by Crippen LogP contribution is 2.26. The summed E-state index contributed by atoms with van der Waals surface area (Å²) >= 11 is 3.46. The molecule has 0 spiro atoms. The molecule has 1 aromatic rings. The fourth-order valence-corrected chi connectivity index (χ4v) is 2.95. The second kappa shape index (κ2) is 5.97. The average Bonchev–Trinajstić information content (AvgIpc) is 2.64. The number of halogens is 1. The number of ketones is 1. The molecule has 0 unspecified atom stereocenters. The van der Waals surface area contributed by atoms with Crippen molar-refractivity contribution in [1.29, 1.82) is 0 Å². The maximum Gasteiger partial charge on any atom is 0.159 e. The van der Waals surface area contributed by atoms with Gasteiger partial charge in [-0.15, -0.1) is 0 Å². The molecule has 20 heavy (non-hydrogen) atoms. The molecule has 0 aliphatic rings. The van der Waals surface area contributed by atoms with Gasteiger partial charge in [-0.05, 0) is 43.1 Å². The van der Waals surface area contributed by atoms with Crippen LogP contribution in [0.1, 0.15) is 39.1 Å². The molecule has 0 aromatic carbocycles. The van der Waals surface area contributed by atoms with Gasteiger partial charge in [0, 0.05) is 12.8 Å². The summed E-state index contributed by atoms with van der Waals surface area (Å²) in [5, 5.41) is 4.41. The molecule has 7 heteroatoms. The third kappa shape index (κ3) is 3.14. The van der Waals surface area contributed by atoms with E-state index in [9.17, 15) is 13.2 Å². The molecule has 0 saturated carbocycles. The number of Topliss-reactive ketones (excluding diaryl/α,β-unsaturated/α-hetero) is 1. The summed E-state index contributed by atoms with van der Waals surface area (Å²) in [5.41, 5.74) is 1.62. The molecule has 0 amide bonds. The van der Waals surface area contributed by atoms with Gasteiger partial charge < -0.3 is 0 Å². The number of nitrogens with zero attached hydrogens (tertiary/aromatic N) is 2. The minimum absolute atomic E-state index is 0.0570. The molecule has 0 atom stereocenters. The fraction of sp³-hybridized carbons (Fsp3) is 0.692. The lowest BCUT2D eigenvalue weighted by Gasteiger charge is -2.21. The first-order chi connectivity index (χ1) is 9.06. The Labute approximate surface area is 128 Å². The standard InChI is InChI=1S/C13H21BrN2O3S/c1-6-9-12(14)10(16(7-2)15-9)8-11(17)13(3,4)20(5,18)19/h6-8H2,1-5H3. The number of hydrogen-bond donors (Lipinski definition) is 0. The van der Waals surface area contributed by atoms with E-state index < -0.39 is 14.6 Å². The maximum atomic E-state index is 12.4. The van der Waals surface area contributed by atoms with Crippen LogP contribution in [-0.2, 0) is 34.0 Å². The molecule has 1 aromatic heterocycles. The number of aromatic nitrogens is 2. The van der Waals surface area contributed by atoms with Gasteiger partial charge in [-0.3, -0.25) is 9.48 Å². The number of rotatable bonds is 6. The zero-order valence-corrected chi connectivity index (χ0v) is 14.9. The predicted molar refractivity (Wildman–Crippen MR) is 82.6 cm³/mol. The number of carbonyl (C=O) groups excluding carboxylic acids is 1. The first kappa shape index (κ1) is 17.4. The predicted octanol–water partition coefficient (Wildman–Crippen LogP) is 2.16. The van der Waals surface area contributed by atoms with E-state index in [4.69, 9.17) is 0 Å². The van der Waals surface area contributed by atoms with Gasteiger partial charge >= 0.3 is 0 Å². The van der Waals surface area contributed by atoms with Crippen molar-refractivity contribution in [1.82, 2.24) is 9.78 Å². The summed E-state index contributed by atoms with van der Waals surface area (Å²) in [4.78, 5) is 12.4. The van der Waals surface area contributed by atoms with Crippen LogP contribution in [0, 0.1) is 0 Å². The van der Waals surface area contributed by atoms with E-state index in [2.05, 4.69) is 21.0 Å². The van der Waals surface area contributed by atoms with Crippen molar-refractivity contribution >= 4 is 31.6 Å². The second-order valence-corrected chi connectivity index (χ2v) is 8.62.